The van der Waals surface area contributed by atoms with Crippen LogP contribution in [0.3, 0.4) is 0 Å². The molecule has 1 atom stereocenters. The highest BCUT2D eigenvalue weighted by Crippen LogP contribution is 2.06. The maximum Gasteiger partial charge on any atom is 0.0794 e. The minimum Gasteiger partial charge on any atom is -0.324 e. The standard InChI is InChI=1S/C9H17N3S/c1-3-9(2,10)6-11-4-8-5-12-7-13-8/h5,7,11H,3-4,6,10H2,1-2H3. The van der Waals surface area contributed by atoms with Gasteiger partial charge in [0.2, 0.25) is 0 Å². The summed E-state index contributed by atoms with van der Waals surface area (Å²) >= 11 is 1.67. The Balaban J connectivity index is 2.21. The lowest BCUT2D eigenvalue weighted by Gasteiger charge is -2.22. The van der Waals surface area contributed by atoms with Crippen molar-refractivity contribution in [3.05, 3.63) is 16.6 Å². The third-order valence-corrected chi connectivity index (χ3v) is 2.90. The lowest BCUT2D eigenvalue weighted by molar-refractivity contribution is 0.417. The Kier molecular flexibility index (Phi) is 3.84. The van der Waals surface area contributed by atoms with Crippen molar-refractivity contribution < 1.29 is 0 Å². The quantitative estimate of drug-likeness (QED) is 0.753. The summed E-state index contributed by atoms with van der Waals surface area (Å²) in [4.78, 5) is 5.26. The van der Waals surface area contributed by atoms with Crippen LogP contribution in [0.2, 0.25) is 0 Å². The Morgan fingerprint density at radius 3 is 3.00 bits per heavy atom. The third-order valence-electron chi connectivity index (χ3n) is 2.12. The van der Waals surface area contributed by atoms with Gasteiger partial charge in [0.1, 0.15) is 0 Å². The van der Waals surface area contributed by atoms with E-state index in [0.29, 0.717) is 0 Å². The van der Waals surface area contributed by atoms with Gasteiger partial charge in [-0.05, 0) is 13.3 Å². The Morgan fingerprint density at radius 1 is 1.69 bits per heavy atom. The highest BCUT2D eigenvalue weighted by atomic mass is 32.1. The number of nitrogens with one attached hydrogen (secondary N) is 1. The number of aromatic nitrogens is 1. The van der Waals surface area contributed by atoms with Gasteiger partial charge in [0.05, 0.1) is 5.51 Å². The molecule has 1 unspecified atom stereocenters. The van der Waals surface area contributed by atoms with Gasteiger partial charge in [-0.3, -0.25) is 4.98 Å². The molecule has 1 rings (SSSR count). The van der Waals surface area contributed by atoms with Crippen molar-refractivity contribution in [2.75, 3.05) is 6.54 Å². The van der Waals surface area contributed by atoms with Crippen LogP contribution in [0.1, 0.15) is 25.1 Å². The highest BCUT2D eigenvalue weighted by molar-refractivity contribution is 7.09. The van der Waals surface area contributed by atoms with Gasteiger partial charge in [0.25, 0.3) is 0 Å². The van der Waals surface area contributed by atoms with Gasteiger partial charge in [0.15, 0.2) is 0 Å². The molecule has 0 aliphatic heterocycles. The van der Waals surface area contributed by atoms with Gasteiger partial charge in [0, 0.05) is 29.7 Å². The van der Waals surface area contributed by atoms with Crippen LogP contribution in [-0.2, 0) is 6.54 Å². The number of hydrogen-bond donors (Lipinski definition) is 2. The first-order valence-corrected chi connectivity index (χ1v) is 5.39. The Bertz CT molecular complexity index is 231. The minimum atomic E-state index is -0.0926. The zero-order valence-corrected chi connectivity index (χ0v) is 9.03. The number of nitrogens with two attached hydrogens (primary N) is 1. The molecule has 74 valence electrons. The largest absolute Gasteiger partial charge is 0.324 e. The van der Waals surface area contributed by atoms with Gasteiger partial charge in [-0.2, -0.15) is 0 Å². The zero-order chi connectivity index (χ0) is 9.73. The van der Waals surface area contributed by atoms with Crippen LogP contribution in [0.25, 0.3) is 0 Å². The van der Waals surface area contributed by atoms with Crippen LogP contribution < -0.4 is 11.1 Å². The lowest BCUT2D eigenvalue weighted by Crippen LogP contribution is -2.45. The van der Waals surface area contributed by atoms with E-state index in [4.69, 9.17) is 5.73 Å². The van der Waals surface area contributed by atoms with E-state index in [1.165, 1.54) is 4.88 Å². The molecule has 1 heterocycles. The van der Waals surface area contributed by atoms with Crippen molar-refractivity contribution in [1.82, 2.24) is 10.3 Å². The average molecular weight is 199 g/mol. The van der Waals surface area contributed by atoms with Crippen LogP contribution in [0, 0.1) is 0 Å². The molecular weight excluding hydrogens is 182 g/mol. The van der Waals surface area contributed by atoms with Crippen molar-refractivity contribution in [1.29, 1.82) is 0 Å². The van der Waals surface area contributed by atoms with E-state index in [2.05, 4.69) is 24.1 Å². The fraction of sp³-hybridized carbons (Fsp3) is 0.667. The van der Waals surface area contributed by atoms with E-state index in [0.717, 1.165) is 19.5 Å². The van der Waals surface area contributed by atoms with Crippen LogP contribution >= 0.6 is 11.3 Å². The second-order valence-electron chi connectivity index (χ2n) is 3.58. The van der Waals surface area contributed by atoms with Crippen LogP contribution in [0.5, 0.6) is 0 Å². The summed E-state index contributed by atoms with van der Waals surface area (Å²) in [6.45, 7) is 5.89. The molecule has 0 bridgehead atoms. The molecule has 0 radical (unpaired) electrons. The normalized spacial score (nSPS) is 15.6. The van der Waals surface area contributed by atoms with Crippen molar-refractivity contribution in [2.45, 2.75) is 32.4 Å². The molecule has 13 heavy (non-hydrogen) atoms. The summed E-state index contributed by atoms with van der Waals surface area (Å²) in [5, 5.41) is 3.32. The summed E-state index contributed by atoms with van der Waals surface area (Å²) in [7, 11) is 0. The molecule has 0 spiro atoms. The van der Waals surface area contributed by atoms with Crippen molar-refractivity contribution in [2.24, 2.45) is 5.73 Å². The molecule has 0 saturated carbocycles. The molecule has 4 heteroatoms. The smallest absolute Gasteiger partial charge is 0.0794 e. The molecule has 0 aromatic carbocycles. The number of thiazole rings is 1. The number of nitrogens with zero attached hydrogens (tertiary/aromatic N) is 1. The fourth-order valence-corrected chi connectivity index (χ4v) is 1.49. The summed E-state index contributed by atoms with van der Waals surface area (Å²) in [6.07, 6.45) is 2.88. The molecular formula is C9H17N3S. The maximum atomic E-state index is 5.98. The molecule has 0 aliphatic rings. The Hall–Kier alpha value is -0.450. The van der Waals surface area contributed by atoms with Crippen molar-refractivity contribution in [3.8, 4) is 0 Å². The first kappa shape index (κ1) is 10.6. The Labute approximate surface area is 83.4 Å². The molecule has 0 aliphatic carbocycles. The van der Waals surface area contributed by atoms with Crippen LogP contribution in [-0.4, -0.2) is 17.1 Å². The van der Waals surface area contributed by atoms with Gasteiger partial charge in [-0.1, -0.05) is 6.92 Å². The van der Waals surface area contributed by atoms with Crippen molar-refractivity contribution >= 4 is 11.3 Å². The summed E-state index contributed by atoms with van der Waals surface area (Å²) < 4.78 is 0. The van der Waals surface area contributed by atoms with E-state index in [1.54, 1.807) is 11.3 Å². The first-order chi connectivity index (χ1) is 6.14. The molecule has 0 fully saturated rings. The average Bonchev–Trinajstić information content (AvgIpc) is 2.57. The fourth-order valence-electron chi connectivity index (χ4n) is 0.926. The monoisotopic (exact) mass is 199 g/mol. The number of rotatable bonds is 5. The van der Waals surface area contributed by atoms with Crippen LogP contribution in [0.15, 0.2) is 11.7 Å². The minimum absolute atomic E-state index is 0.0926. The second-order valence-corrected chi connectivity index (χ2v) is 4.55. The SMILES string of the molecule is CCC(C)(N)CNCc1cncs1. The number of hydrogen-bond acceptors (Lipinski definition) is 4. The van der Waals surface area contributed by atoms with E-state index in [1.807, 2.05) is 11.7 Å². The zero-order valence-electron chi connectivity index (χ0n) is 8.21. The van der Waals surface area contributed by atoms with E-state index < -0.39 is 0 Å². The summed E-state index contributed by atoms with van der Waals surface area (Å²) in [5.74, 6) is 0. The highest BCUT2D eigenvalue weighted by Gasteiger charge is 2.14. The third kappa shape index (κ3) is 3.85. The lowest BCUT2D eigenvalue weighted by atomic mass is 10.0. The molecule has 3 nitrogen and oxygen atoms in total. The molecule has 0 amide bonds. The summed E-state index contributed by atoms with van der Waals surface area (Å²) in [5.41, 5.74) is 7.73. The predicted octanol–water partition coefficient (Wildman–Crippen LogP) is 1.36. The molecule has 1 aromatic heterocycles. The van der Waals surface area contributed by atoms with Gasteiger partial charge in [-0.15, -0.1) is 11.3 Å². The van der Waals surface area contributed by atoms with Gasteiger partial charge >= 0.3 is 0 Å². The second kappa shape index (κ2) is 4.69. The van der Waals surface area contributed by atoms with Crippen molar-refractivity contribution in [3.63, 3.8) is 0 Å². The molecule has 1 aromatic rings. The van der Waals surface area contributed by atoms with E-state index >= 15 is 0 Å². The Morgan fingerprint density at radius 2 is 2.46 bits per heavy atom. The van der Waals surface area contributed by atoms with Gasteiger partial charge in [-0.25, -0.2) is 0 Å². The summed E-state index contributed by atoms with van der Waals surface area (Å²) in [6, 6.07) is 0. The molecule has 3 N–H and O–H groups in total. The van der Waals surface area contributed by atoms with E-state index in [9.17, 15) is 0 Å². The van der Waals surface area contributed by atoms with Crippen LogP contribution in [0.4, 0.5) is 0 Å². The first-order valence-electron chi connectivity index (χ1n) is 4.51. The van der Waals surface area contributed by atoms with E-state index in [-0.39, 0.29) is 5.54 Å². The van der Waals surface area contributed by atoms with Gasteiger partial charge < -0.3 is 11.1 Å². The maximum absolute atomic E-state index is 5.98. The predicted molar refractivity (Wildman–Crippen MR) is 56.7 cm³/mol. The topological polar surface area (TPSA) is 50.9 Å². The molecule has 0 saturated heterocycles.